The van der Waals surface area contributed by atoms with Crippen LogP contribution in [0.25, 0.3) is 0 Å². The Morgan fingerprint density at radius 3 is 2.86 bits per heavy atom. The average molecular weight is 393 g/mol. The molecule has 1 amide bonds. The topological polar surface area (TPSA) is 63.3 Å². The number of carbonyl (C=O) groups excluding carboxylic acids is 1. The van der Waals surface area contributed by atoms with E-state index in [4.69, 9.17) is 4.42 Å². The monoisotopic (exact) mass is 392 g/mol. The molecule has 6 nitrogen and oxygen atoms in total. The van der Waals surface area contributed by atoms with Crippen molar-refractivity contribution in [1.82, 2.24) is 20.0 Å². The van der Waals surface area contributed by atoms with E-state index >= 15 is 0 Å². The van der Waals surface area contributed by atoms with Gasteiger partial charge >= 0.3 is 0 Å². The van der Waals surface area contributed by atoms with Crippen molar-refractivity contribution in [2.24, 2.45) is 7.05 Å². The molecule has 2 aromatic heterocycles. The van der Waals surface area contributed by atoms with Gasteiger partial charge in [0, 0.05) is 31.4 Å². The van der Waals surface area contributed by atoms with Crippen molar-refractivity contribution in [2.75, 3.05) is 13.6 Å². The van der Waals surface area contributed by atoms with E-state index in [1.807, 2.05) is 29.9 Å². The number of aryl methyl sites for hydroxylation is 1. The quantitative estimate of drug-likeness (QED) is 0.671. The summed E-state index contributed by atoms with van der Waals surface area (Å²) in [5.41, 5.74) is 4.19. The highest BCUT2D eigenvalue weighted by molar-refractivity contribution is 5.94. The number of hydrogen-bond acceptors (Lipinski definition) is 4. The van der Waals surface area contributed by atoms with Crippen LogP contribution in [0.3, 0.4) is 0 Å². The molecule has 29 heavy (non-hydrogen) atoms. The molecule has 0 saturated carbocycles. The Kier molecular flexibility index (Phi) is 5.81. The SMILES string of the molecule is CN(Cc1ccco1)C(=O)c1nn(C)c2c1C[C@@H](NCCc1ccccc1)CC2. The van der Waals surface area contributed by atoms with Gasteiger partial charge in [-0.3, -0.25) is 9.48 Å². The Bertz CT molecular complexity index is 947. The van der Waals surface area contributed by atoms with Gasteiger partial charge < -0.3 is 14.6 Å². The van der Waals surface area contributed by atoms with E-state index in [1.165, 1.54) is 11.3 Å². The van der Waals surface area contributed by atoms with Crippen LogP contribution in [-0.4, -0.2) is 40.2 Å². The van der Waals surface area contributed by atoms with Crippen molar-refractivity contribution < 1.29 is 9.21 Å². The summed E-state index contributed by atoms with van der Waals surface area (Å²) in [6.07, 6.45) is 5.48. The van der Waals surface area contributed by atoms with Crippen LogP contribution in [0.1, 0.15) is 39.5 Å². The van der Waals surface area contributed by atoms with Gasteiger partial charge in [-0.15, -0.1) is 0 Å². The number of aromatic nitrogens is 2. The van der Waals surface area contributed by atoms with Gasteiger partial charge in [0.25, 0.3) is 5.91 Å². The molecule has 1 aliphatic carbocycles. The first-order valence-electron chi connectivity index (χ1n) is 10.2. The van der Waals surface area contributed by atoms with Crippen molar-refractivity contribution in [1.29, 1.82) is 0 Å². The molecule has 1 N–H and O–H groups in total. The maximum Gasteiger partial charge on any atom is 0.274 e. The van der Waals surface area contributed by atoms with Gasteiger partial charge in [0.1, 0.15) is 5.76 Å². The molecule has 0 fully saturated rings. The van der Waals surface area contributed by atoms with E-state index in [0.717, 1.165) is 43.6 Å². The predicted molar refractivity (Wildman–Crippen MR) is 112 cm³/mol. The number of furan rings is 1. The van der Waals surface area contributed by atoms with Crippen molar-refractivity contribution in [3.05, 3.63) is 77.0 Å². The van der Waals surface area contributed by atoms with Gasteiger partial charge in [-0.25, -0.2) is 0 Å². The molecule has 0 bridgehead atoms. The van der Waals surface area contributed by atoms with Gasteiger partial charge in [-0.2, -0.15) is 5.10 Å². The first-order chi connectivity index (χ1) is 14.1. The van der Waals surface area contributed by atoms with E-state index in [1.54, 1.807) is 18.2 Å². The summed E-state index contributed by atoms with van der Waals surface area (Å²) < 4.78 is 7.25. The van der Waals surface area contributed by atoms with Crippen LogP contribution in [0.2, 0.25) is 0 Å². The molecule has 6 heteroatoms. The Labute approximate surface area is 171 Å². The second-order valence-corrected chi connectivity index (χ2v) is 7.77. The summed E-state index contributed by atoms with van der Waals surface area (Å²) in [4.78, 5) is 14.7. The number of nitrogens with zero attached hydrogens (tertiary/aromatic N) is 3. The summed E-state index contributed by atoms with van der Waals surface area (Å²) in [7, 11) is 3.73. The minimum absolute atomic E-state index is 0.0526. The van der Waals surface area contributed by atoms with E-state index in [0.29, 0.717) is 18.3 Å². The number of hydrogen-bond donors (Lipinski definition) is 1. The Hall–Kier alpha value is -2.86. The van der Waals surface area contributed by atoms with Crippen LogP contribution >= 0.6 is 0 Å². The first kappa shape index (κ1) is 19.5. The standard InChI is InChI=1S/C23H28N4O2/c1-26(16-19-9-6-14-29-19)23(28)22-20-15-18(10-11-21(20)27(2)25-22)24-13-12-17-7-4-3-5-8-17/h3-9,14,18,24H,10-13,15-16H2,1-2H3/t18-/m0/s1. The molecule has 1 aliphatic rings. The van der Waals surface area contributed by atoms with Crippen LogP contribution < -0.4 is 5.32 Å². The van der Waals surface area contributed by atoms with Crippen LogP contribution in [0.5, 0.6) is 0 Å². The van der Waals surface area contributed by atoms with Crippen molar-refractivity contribution in [2.45, 2.75) is 38.3 Å². The maximum atomic E-state index is 13.0. The molecule has 4 rings (SSSR count). The average Bonchev–Trinajstić information content (AvgIpc) is 3.36. The molecule has 152 valence electrons. The van der Waals surface area contributed by atoms with Crippen LogP contribution in [0.4, 0.5) is 0 Å². The Morgan fingerprint density at radius 1 is 1.28 bits per heavy atom. The molecule has 0 saturated heterocycles. The zero-order valence-corrected chi connectivity index (χ0v) is 17.1. The number of carbonyl (C=O) groups is 1. The van der Waals surface area contributed by atoms with Gasteiger partial charge in [-0.1, -0.05) is 30.3 Å². The number of benzene rings is 1. The molecule has 3 aromatic rings. The summed E-state index contributed by atoms with van der Waals surface area (Å²) in [6, 6.07) is 14.6. The smallest absolute Gasteiger partial charge is 0.274 e. The summed E-state index contributed by atoms with van der Waals surface area (Å²) in [6.45, 7) is 1.38. The summed E-state index contributed by atoms with van der Waals surface area (Å²) >= 11 is 0. The van der Waals surface area contributed by atoms with E-state index in [2.05, 4.69) is 34.7 Å². The molecular formula is C23H28N4O2. The number of amides is 1. The molecular weight excluding hydrogens is 364 g/mol. The molecule has 2 heterocycles. The van der Waals surface area contributed by atoms with Gasteiger partial charge in [0.2, 0.25) is 0 Å². The van der Waals surface area contributed by atoms with Crippen molar-refractivity contribution >= 4 is 5.91 Å². The van der Waals surface area contributed by atoms with E-state index in [-0.39, 0.29) is 5.91 Å². The fourth-order valence-corrected chi connectivity index (χ4v) is 4.09. The predicted octanol–water partition coefficient (Wildman–Crippen LogP) is 2.97. The number of rotatable bonds is 7. The third-order valence-electron chi connectivity index (χ3n) is 5.67. The summed E-state index contributed by atoms with van der Waals surface area (Å²) in [5, 5.41) is 8.25. The zero-order valence-electron chi connectivity index (χ0n) is 17.1. The Morgan fingerprint density at radius 2 is 2.10 bits per heavy atom. The lowest BCUT2D eigenvalue weighted by atomic mass is 9.91. The fraction of sp³-hybridized carbons (Fsp3) is 0.391. The second-order valence-electron chi connectivity index (χ2n) is 7.77. The van der Waals surface area contributed by atoms with Crippen molar-refractivity contribution in [3.63, 3.8) is 0 Å². The maximum absolute atomic E-state index is 13.0. The minimum Gasteiger partial charge on any atom is -0.467 e. The molecule has 0 spiro atoms. The van der Waals surface area contributed by atoms with Crippen LogP contribution in [-0.2, 0) is 32.9 Å². The normalized spacial score (nSPS) is 15.9. The molecule has 0 radical (unpaired) electrons. The van der Waals surface area contributed by atoms with Gasteiger partial charge in [0.05, 0.1) is 12.8 Å². The number of fused-ring (bicyclic) bond motifs is 1. The minimum atomic E-state index is -0.0526. The van der Waals surface area contributed by atoms with Crippen molar-refractivity contribution in [3.8, 4) is 0 Å². The molecule has 1 atom stereocenters. The van der Waals surface area contributed by atoms with Crippen LogP contribution in [0, 0.1) is 0 Å². The molecule has 1 aromatic carbocycles. The highest BCUT2D eigenvalue weighted by Gasteiger charge is 2.29. The first-order valence-corrected chi connectivity index (χ1v) is 10.2. The zero-order chi connectivity index (χ0) is 20.2. The van der Waals surface area contributed by atoms with Crippen LogP contribution in [0.15, 0.2) is 53.1 Å². The van der Waals surface area contributed by atoms with E-state index < -0.39 is 0 Å². The largest absolute Gasteiger partial charge is 0.467 e. The lowest BCUT2D eigenvalue weighted by Gasteiger charge is -2.25. The Balaban J connectivity index is 1.41. The third kappa shape index (κ3) is 4.43. The highest BCUT2D eigenvalue weighted by atomic mass is 16.3. The van der Waals surface area contributed by atoms with E-state index in [9.17, 15) is 4.79 Å². The lowest BCUT2D eigenvalue weighted by molar-refractivity contribution is 0.0767. The molecule has 0 aliphatic heterocycles. The highest BCUT2D eigenvalue weighted by Crippen LogP contribution is 2.25. The fourth-order valence-electron chi connectivity index (χ4n) is 4.09. The third-order valence-corrected chi connectivity index (χ3v) is 5.67. The molecule has 0 unspecified atom stereocenters. The summed E-state index contributed by atoms with van der Waals surface area (Å²) in [5.74, 6) is 0.717. The van der Waals surface area contributed by atoms with Gasteiger partial charge in [0.15, 0.2) is 5.69 Å². The number of nitrogens with one attached hydrogen (secondary N) is 1. The lowest BCUT2D eigenvalue weighted by Crippen LogP contribution is -2.37. The van der Waals surface area contributed by atoms with Gasteiger partial charge in [-0.05, 0) is 49.9 Å². The second kappa shape index (κ2) is 8.66.